The summed E-state index contributed by atoms with van der Waals surface area (Å²) < 4.78 is 13.5. The molecule has 2 aromatic rings. The first-order valence-electron chi connectivity index (χ1n) is 6.41. The topological polar surface area (TPSA) is 66.4 Å². The second-order valence-corrected chi connectivity index (χ2v) is 6.08. The first-order valence-corrected chi connectivity index (χ1v) is 7.67. The summed E-state index contributed by atoms with van der Waals surface area (Å²) in [7, 11) is 0. The van der Waals surface area contributed by atoms with Crippen molar-refractivity contribution < 1.29 is 19.1 Å². The lowest BCUT2D eigenvalue weighted by Gasteiger charge is -2.18. The highest BCUT2D eigenvalue weighted by Gasteiger charge is 2.26. The van der Waals surface area contributed by atoms with E-state index in [9.17, 15) is 19.1 Å². The summed E-state index contributed by atoms with van der Waals surface area (Å²) in [5, 5.41) is 13.4. The molecular formula is C15H13ClFNO3S. The van der Waals surface area contributed by atoms with Gasteiger partial charge in [-0.15, -0.1) is 11.3 Å². The van der Waals surface area contributed by atoms with Crippen molar-refractivity contribution in [3.05, 3.63) is 57.0 Å². The fourth-order valence-electron chi connectivity index (χ4n) is 1.91. The van der Waals surface area contributed by atoms with Gasteiger partial charge in [0.25, 0.3) is 0 Å². The Hall–Kier alpha value is -1.92. The average Bonchev–Trinajstić information content (AvgIpc) is 3.00. The van der Waals surface area contributed by atoms with Crippen molar-refractivity contribution >= 4 is 34.8 Å². The fourth-order valence-corrected chi connectivity index (χ4v) is 2.81. The van der Waals surface area contributed by atoms with Gasteiger partial charge in [-0.1, -0.05) is 23.7 Å². The smallest absolute Gasteiger partial charge is 0.330 e. The first kappa shape index (κ1) is 16.5. The molecule has 22 heavy (non-hydrogen) atoms. The number of carbonyl (C=O) groups is 2. The van der Waals surface area contributed by atoms with Crippen LogP contribution in [-0.2, 0) is 9.59 Å². The van der Waals surface area contributed by atoms with Gasteiger partial charge >= 0.3 is 5.97 Å². The maximum Gasteiger partial charge on any atom is 0.330 e. The molecule has 0 aliphatic carbocycles. The predicted molar refractivity (Wildman–Crippen MR) is 82.7 cm³/mol. The van der Waals surface area contributed by atoms with Crippen molar-refractivity contribution in [2.24, 2.45) is 0 Å². The van der Waals surface area contributed by atoms with Gasteiger partial charge < -0.3 is 10.4 Å². The van der Waals surface area contributed by atoms with Gasteiger partial charge in [-0.2, -0.15) is 0 Å². The number of carboxylic acid groups (broad SMARTS) is 1. The molecule has 0 spiro atoms. The van der Waals surface area contributed by atoms with Crippen molar-refractivity contribution in [2.45, 2.75) is 18.9 Å². The molecule has 0 saturated carbocycles. The van der Waals surface area contributed by atoms with E-state index in [0.717, 1.165) is 10.9 Å². The van der Waals surface area contributed by atoms with Crippen LogP contribution in [0, 0.1) is 5.82 Å². The number of amides is 1. The monoisotopic (exact) mass is 341 g/mol. The molecule has 1 aromatic carbocycles. The molecule has 0 radical (unpaired) electrons. The SMILES string of the molecule is CC(C(=O)NC(C(=O)O)c1ccc(Cl)c(F)c1)c1cccs1. The molecule has 0 bridgehead atoms. The molecule has 4 nitrogen and oxygen atoms in total. The van der Waals surface area contributed by atoms with Gasteiger partial charge in [-0.05, 0) is 36.1 Å². The lowest BCUT2D eigenvalue weighted by atomic mass is 10.0. The Morgan fingerprint density at radius 3 is 2.64 bits per heavy atom. The summed E-state index contributed by atoms with van der Waals surface area (Å²) in [4.78, 5) is 24.4. The molecule has 1 amide bonds. The van der Waals surface area contributed by atoms with Crippen LogP contribution in [0.3, 0.4) is 0 Å². The van der Waals surface area contributed by atoms with Crippen LogP contribution in [0.25, 0.3) is 0 Å². The number of hydrogen-bond donors (Lipinski definition) is 2. The summed E-state index contributed by atoms with van der Waals surface area (Å²) in [5.74, 6) is -2.93. The number of halogens is 2. The highest BCUT2D eigenvalue weighted by Crippen LogP contribution is 2.24. The van der Waals surface area contributed by atoms with Crippen LogP contribution in [0.2, 0.25) is 5.02 Å². The van der Waals surface area contributed by atoms with E-state index in [-0.39, 0.29) is 10.6 Å². The molecule has 2 rings (SSSR count). The normalized spacial score (nSPS) is 13.4. The largest absolute Gasteiger partial charge is 0.479 e. The van der Waals surface area contributed by atoms with Gasteiger partial charge in [-0.3, -0.25) is 4.79 Å². The number of nitrogens with one attached hydrogen (secondary N) is 1. The summed E-state index contributed by atoms with van der Waals surface area (Å²) in [6.45, 7) is 1.68. The molecule has 2 N–H and O–H groups in total. The second-order valence-electron chi connectivity index (χ2n) is 4.69. The van der Waals surface area contributed by atoms with E-state index in [0.29, 0.717) is 0 Å². The molecule has 2 unspecified atom stereocenters. The van der Waals surface area contributed by atoms with Crippen LogP contribution in [0.15, 0.2) is 35.7 Å². The second kappa shape index (κ2) is 6.89. The number of rotatable bonds is 5. The van der Waals surface area contributed by atoms with Crippen molar-refractivity contribution in [1.29, 1.82) is 0 Å². The third kappa shape index (κ3) is 3.64. The van der Waals surface area contributed by atoms with Gasteiger partial charge in [0.1, 0.15) is 5.82 Å². The third-order valence-corrected chi connectivity index (χ3v) is 4.54. The zero-order chi connectivity index (χ0) is 16.3. The van der Waals surface area contributed by atoms with Crippen LogP contribution in [0.1, 0.15) is 29.3 Å². The number of thiophene rings is 1. The van der Waals surface area contributed by atoms with Gasteiger partial charge in [-0.25, -0.2) is 9.18 Å². The van der Waals surface area contributed by atoms with Crippen LogP contribution in [0.5, 0.6) is 0 Å². The van der Waals surface area contributed by atoms with Gasteiger partial charge in [0.15, 0.2) is 6.04 Å². The third-order valence-electron chi connectivity index (χ3n) is 3.17. The minimum absolute atomic E-state index is 0.105. The molecule has 0 aliphatic rings. The Kier molecular flexibility index (Phi) is 5.15. The maximum atomic E-state index is 13.5. The van der Waals surface area contributed by atoms with Crippen LogP contribution >= 0.6 is 22.9 Å². The molecule has 116 valence electrons. The quantitative estimate of drug-likeness (QED) is 0.873. The van der Waals surface area contributed by atoms with E-state index in [1.54, 1.807) is 13.0 Å². The average molecular weight is 342 g/mol. The summed E-state index contributed by atoms with van der Waals surface area (Å²) in [6, 6.07) is 5.93. The maximum absolute atomic E-state index is 13.5. The number of carbonyl (C=O) groups excluding carboxylic acids is 1. The molecule has 0 aliphatic heterocycles. The van der Waals surface area contributed by atoms with Crippen molar-refractivity contribution in [2.75, 3.05) is 0 Å². The first-order chi connectivity index (χ1) is 10.4. The zero-order valence-corrected chi connectivity index (χ0v) is 13.1. The Balaban J connectivity index is 2.20. The number of benzene rings is 1. The van der Waals surface area contributed by atoms with E-state index >= 15 is 0 Å². The van der Waals surface area contributed by atoms with E-state index < -0.39 is 29.7 Å². The Bertz CT molecular complexity index is 690. The van der Waals surface area contributed by atoms with Gasteiger partial charge in [0.05, 0.1) is 10.9 Å². The van der Waals surface area contributed by atoms with E-state index in [1.165, 1.54) is 23.5 Å². The lowest BCUT2D eigenvalue weighted by molar-refractivity contribution is -0.142. The van der Waals surface area contributed by atoms with Crippen molar-refractivity contribution in [3.63, 3.8) is 0 Å². The van der Waals surface area contributed by atoms with Crippen LogP contribution in [-0.4, -0.2) is 17.0 Å². The van der Waals surface area contributed by atoms with Crippen LogP contribution in [0.4, 0.5) is 4.39 Å². The Labute approximate surface area is 135 Å². The summed E-state index contributed by atoms with van der Waals surface area (Å²) >= 11 is 6.99. The highest BCUT2D eigenvalue weighted by molar-refractivity contribution is 7.10. The lowest BCUT2D eigenvalue weighted by Crippen LogP contribution is -2.36. The number of hydrogen-bond acceptors (Lipinski definition) is 3. The predicted octanol–water partition coefficient (Wildman–Crippen LogP) is 3.59. The van der Waals surface area contributed by atoms with E-state index in [4.69, 9.17) is 11.6 Å². The molecule has 2 atom stereocenters. The van der Waals surface area contributed by atoms with Gasteiger partial charge in [0.2, 0.25) is 5.91 Å². The molecular weight excluding hydrogens is 329 g/mol. The van der Waals surface area contributed by atoms with Crippen molar-refractivity contribution in [3.8, 4) is 0 Å². The number of carboxylic acids is 1. The fraction of sp³-hybridized carbons (Fsp3) is 0.200. The molecule has 0 saturated heterocycles. The Morgan fingerprint density at radius 1 is 1.36 bits per heavy atom. The number of aliphatic carboxylic acids is 1. The Morgan fingerprint density at radius 2 is 2.09 bits per heavy atom. The molecule has 7 heteroatoms. The molecule has 1 heterocycles. The van der Waals surface area contributed by atoms with E-state index in [2.05, 4.69) is 5.32 Å². The highest BCUT2D eigenvalue weighted by atomic mass is 35.5. The summed E-state index contributed by atoms with van der Waals surface area (Å²) in [6.07, 6.45) is 0. The molecule has 0 fully saturated rings. The van der Waals surface area contributed by atoms with Crippen molar-refractivity contribution in [1.82, 2.24) is 5.32 Å². The summed E-state index contributed by atoms with van der Waals surface area (Å²) in [5.41, 5.74) is 0.126. The van der Waals surface area contributed by atoms with E-state index in [1.807, 2.05) is 11.4 Å². The van der Waals surface area contributed by atoms with Gasteiger partial charge in [0, 0.05) is 4.88 Å². The minimum atomic E-state index is -1.33. The van der Waals surface area contributed by atoms with Crippen LogP contribution < -0.4 is 5.32 Å². The standard InChI is InChI=1S/C15H13ClFNO3S/c1-8(12-3-2-6-22-12)14(19)18-13(15(20)21)9-4-5-10(16)11(17)7-9/h2-8,13H,1H3,(H,18,19)(H,20,21). The minimum Gasteiger partial charge on any atom is -0.479 e. The molecule has 1 aromatic heterocycles. The zero-order valence-electron chi connectivity index (χ0n) is 11.5.